The molecule has 0 aromatic rings. The van der Waals surface area contributed by atoms with Crippen molar-refractivity contribution in [3.8, 4) is 0 Å². The minimum atomic E-state index is -0.564. The van der Waals surface area contributed by atoms with Crippen molar-refractivity contribution in [2.75, 3.05) is 33.2 Å². The molecule has 20 heavy (non-hydrogen) atoms. The highest BCUT2D eigenvalue weighted by Gasteiger charge is 2.41. The van der Waals surface area contributed by atoms with E-state index in [9.17, 15) is 9.90 Å². The molecule has 4 nitrogen and oxygen atoms in total. The lowest BCUT2D eigenvalue weighted by Gasteiger charge is -2.42. The summed E-state index contributed by atoms with van der Waals surface area (Å²) in [7, 11) is 2.18. The molecule has 4 heteroatoms. The van der Waals surface area contributed by atoms with E-state index in [2.05, 4.69) is 23.8 Å². The Kier molecular flexibility index (Phi) is 5.44. The van der Waals surface area contributed by atoms with Gasteiger partial charge in [-0.15, -0.1) is 0 Å². The van der Waals surface area contributed by atoms with Crippen molar-refractivity contribution in [2.24, 2.45) is 5.41 Å². The predicted octanol–water partition coefficient (Wildman–Crippen LogP) is 2.44. The van der Waals surface area contributed by atoms with E-state index in [-0.39, 0.29) is 0 Å². The molecule has 1 heterocycles. The normalized spacial score (nSPS) is 29.0. The van der Waals surface area contributed by atoms with Crippen molar-refractivity contribution in [3.63, 3.8) is 0 Å². The number of piperazine rings is 1. The van der Waals surface area contributed by atoms with E-state index >= 15 is 0 Å². The maximum Gasteiger partial charge on any atom is 0.310 e. The van der Waals surface area contributed by atoms with Crippen LogP contribution in [0.2, 0.25) is 0 Å². The Bertz CT molecular complexity index is 324. The molecule has 0 radical (unpaired) electrons. The second kappa shape index (κ2) is 6.90. The summed E-state index contributed by atoms with van der Waals surface area (Å²) in [6.45, 7) is 6.09. The van der Waals surface area contributed by atoms with Crippen LogP contribution in [0, 0.1) is 5.41 Å². The average molecular weight is 282 g/mol. The van der Waals surface area contributed by atoms with Crippen LogP contribution in [0.1, 0.15) is 51.9 Å². The fourth-order valence-electron chi connectivity index (χ4n) is 3.87. The molecule has 0 aromatic heterocycles. The summed E-state index contributed by atoms with van der Waals surface area (Å²) >= 11 is 0. The van der Waals surface area contributed by atoms with Crippen molar-refractivity contribution in [2.45, 2.75) is 57.9 Å². The monoisotopic (exact) mass is 282 g/mol. The van der Waals surface area contributed by atoms with Gasteiger partial charge >= 0.3 is 5.97 Å². The highest BCUT2D eigenvalue weighted by atomic mass is 16.4. The fraction of sp³-hybridized carbons (Fsp3) is 0.938. The third-order valence-electron chi connectivity index (χ3n) is 5.37. The Morgan fingerprint density at radius 1 is 1.20 bits per heavy atom. The van der Waals surface area contributed by atoms with Crippen molar-refractivity contribution in [3.05, 3.63) is 0 Å². The van der Waals surface area contributed by atoms with Gasteiger partial charge in [0.1, 0.15) is 0 Å². The van der Waals surface area contributed by atoms with Gasteiger partial charge in [0.15, 0.2) is 0 Å². The number of hydrogen-bond donors (Lipinski definition) is 1. The van der Waals surface area contributed by atoms with Crippen LogP contribution in [-0.2, 0) is 4.79 Å². The summed E-state index contributed by atoms with van der Waals surface area (Å²) in [6, 6.07) is 0.584. The van der Waals surface area contributed by atoms with Gasteiger partial charge in [-0.3, -0.25) is 9.69 Å². The first-order valence-corrected chi connectivity index (χ1v) is 8.23. The summed E-state index contributed by atoms with van der Waals surface area (Å²) in [5.74, 6) is -0.564. The van der Waals surface area contributed by atoms with Gasteiger partial charge in [-0.05, 0) is 26.3 Å². The minimum Gasteiger partial charge on any atom is -0.481 e. The topological polar surface area (TPSA) is 43.8 Å². The van der Waals surface area contributed by atoms with Gasteiger partial charge in [0, 0.05) is 32.2 Å². The summed E-state index contributed by atoms with van der Waals surface area (Å²) < 4.78 is 0. The van der Waals surface area contributed by atoms with E-state index in [1.807, 2.05) is 0 Å². The molecule has 0 bridgehead atoms. The van der Waals surface area contributed by atoms with E-state index < -0.39 is 11.4 Å². The van der Waals surface area contributed by atoms with Crippen LogP contribution < -0.4 is 0 Å². The molecule has 1 aliphatic carbocycles. The SMILES string of the molecule is CCC1CN(CC2(C(=O)O)CCCCCC2)CCN1C. The predicted molar refractivity (Wildman–Crippen MR) is 80.9 cm³/mol. The lowest BCUT2D eigenvalue weighted by Crippen LogP contribution is -2.54. The molecule has 1 atom stereocenters. The van der Waals surface area contributed by atoms with Crippen molar-refractivity contribution >= 4 is 5.97 Å². The molecule has 0 spiro atoms. The maximum absolute atomic E-state index is 11.9. The zero-order valence-corrected chi connectivity index (χ0v) is 13.1. The third-order valence-corrected chi connectivity index (χ3v) is 5.37. The Hall–Kier alpha value is -0.610. The zero-order chi connectivity index (χ0) is 14.6. The molecule has 1 saturated heterocycles. The molecule has 1 N–H and O–H groups in total. The summed E-state index contributed by atoms with van der Waals surface area (Å²) in [5, 5.41) is 9.78. The number of likely N-dealkylation sites (N-methyl/N-ethyl adjacent to an activating group) is 1. The number of carboxylic acids is 1. The van der Waals surface area contributed by atoms with Crippen molar-refractivity contribution in [1.29, 1.82) is 0 Å². The smallest absolute Gasteiger partial charge is 0.310 e. The molecule has 1 aliphatic heterocycles. The summed E-state index contributed by atoms with van der Waals surface area (Å²) in [5.41, 5.74) is -0.481. The number of carboxylic acid groups (broad SMARTS) is 1. The van der Waals surface area contributed by atoms with Crippen LogP contribution in [0.5, 0.6) is 0 Å². The quantitative estimate of drug-likeness (QED) is 0.804. The molecule has 116 valence electrons. The van der Waals surface area contributed by atoms with Crippen LogP contribution >= 0.6 is 0 Å². The number of nitrogens with zero attached hydrogens (tertiary/aromatic N) is 2. The van der Waals surface area contributed by atoms with Crippen LogP contribution in [0.4, 0.5) is 0 Å². The summed E-state index contributed by atoms with van der Waals surface area (Å²) in [6.07, 6.45) is 7.45. The van der Waals surface area contributed by atoms with Crippen LogP contribution in [-0.4, -0.2) is 60.1 Å². The van der Waals surface area contributed by atoms with Gasteiger partial charge in [-0.25, -0.2) is 0 Å². The second-order valence-electron chi connectivity index (χ2n) is 6.78. The van der Waals surface area contributed by atoms with Crippen LogP contribution in [0.3, 0.4) is 0 Å². The van der Waals surface area contributed by atoms with E-state index in [0.717, 1.165) is 58.3 Å². The molecule has 1 saturated carbocycles. The second-order valence-corrected chi connectivity index (χ2v) is 6.78. The van der Waals surface area contributed by atoms with Gasteiger partial charge in [-0.2, -0.15) is 0 Å². The maximum atomic E-state index is 11.9. The first kappa shape index (κ1) is 15.8. The molecular formula is C16H30N2O2. The number of hydrogen-bond acceptors (Lipinski definition) is 3. The fourth-order valence-corrected chi connectivity index (χ4v) is 3.87. The molecular weight excluding hydrogens is 252 g/mol. The molecule has 0 amide bonds. The standard InChI is InChI=1S/C16H30N2O2/c1-3-14-12-18(11-10-17(14)2)13-16(15(19)20)8-6-4-5-7-9-16/h14H,3-13H2,1-2H3,(H,19,20). The highest BCUT2D eigenvalue weighted by Crippen LogP contribution is 2.36. The van der Waals surface area contributed by atoms with Crippen molar-refractivity contribution in [1.82, 2.24) is 9.80 Å². The van der Waals surface area contributed by atoms with E-state index in [0.29, 0.717) is 6.04 Å². The van der Waals surface area contributed by atoms with Crippen molar-refractivity contribution < 1.29 is 9.90 Å². The minimum absolute atomic E-state index is 0.481. The number of carbonyl (C=O) groups is 1. The first-order chi connectivity index (χ1) is 9.57. The van der Waals surface area contributed by atoms with Gasteiger partial charge in [0.05, 0.1) is 5.41 Å². The Balaban J connectivity index is 2.02. The molecule has 2 aliphatic rings. The van der Waals surface area contributed by atoms with Gasteiger partial charge in [0.25, 0.3) is 0 Å². The van der Waals surface area contributed by atoms with Gasteiger partial charge in [0.2, 0.25) is 0 Å². The molecule has 1 unspecified atom stereocenters. The van der Waals surface area contributed by atoms with Gasteiger partial charge in [-0.1, -0.05) is 32.6 Å². The Labute approximate surface area is 123 Å². The Morgan fingerprint density at radius 2 is 1.85 bits per heavy atom. The first-order valence-electron chi connectivity index (χ1n) is 8.23. The van der Waals surface area contributed by atoms with E-state index in [4.69, 9.17) is 0 Å². The van der Waals surface area contributed by atoms with Gasteiger partial charge < -0.3 is 10.0 Å². The molecule has 0 aromatic carbocycles. The lowest BCUT2D eigenvalue weighted by molar-refractivity contribution is -0.151. The largest absolute Gasteiger partial charge is 0.481 e. The van der Waals surface area contributed by atoms with E-state index in [1.165, 1.54) is 12.8 Å². The zero-order valence-electron chi connectivity index (χ0n) is 13.1. The molecule has 2 fully saturated rings. The van der Waals surface area contributed by atoms with Crippen LogP contribution in [0.15, 0.2) is 0 Å². The average Bonchev–Trinajstić information content (AvgIpc) is 2.67. The lowest BCUT2D eigenvalue weighted by atomic mass is 9.79. The summed E-state index contributed by atoms with van der Waals surface area (Å²) in [4.78, 5) is 16.7. The van der Waals surface area contributed by atoms with E-state index in [1.54, 1.807) is 0 Å². The highest BCUT2D eigenvalue weighted by molar-refractivity contribution is 5.75. The third kappa shape index (κ3) is 3.53. The number of rotatable bonds is 4. The van der Waals surface area contributed by atoms with Crippen LogP contribution in [0.25, 0.3) is 0 Å². The Morgan fingerprint density at radius 3 is 2.40 bits per heavy atom. The molecule has 2 rings (SSSR count). The number of aliphatic carboxylic acids is 1.